The number of esters is 1. The molecule has 0 aliphatic rings. The van der Waals surface area contributed by atoms with Gasteiger partial charge in [-0.2, -0.15) is 0 Å². The Bertz CT molecular complexity index is 1340. The molecule has 0 bridgehead atoms. The molecule has 0 aliphatic carbocycles. The Hall–Kier alpha value is -3.92. The van der Waals surface area contributed by atoms with Gasteiger partial charge in [0, 0.05) is 12.0 Å². The number of hydrogen-bond donors (Lipinski definition) is 3. The minimum absolute atomic E-state index is 0.157. The van der Waals surface area contributed by atoms with E-state index in [2.05, 4.69) is 10.6 Å². The van der Waals surface area contributed by atoms with E-state index in [0.717, 1.165) is 16.7 Å². The van der Waals surface area contributed by atoms with Crippen molar-refractivity contribution >= 4 is 23.9 Å². The lowest BCUT2D eigenvalue weighted by atomic mass is 9.91. The number of nitrogens with one attached hydrogen (secondary N) is 2. The zero-order valence-electron chi connectivity index (χ0n) is 28.6. The van der Waals surface area contributed by atoms with Crippen molar-refractivity contribution in [1.29, 1.82) is 0 Å². The number of ether oxygens (including phenoxy) is 2. The molecule has 3 amide bonds. The first-order chi connectivity index (χ1) is 20.6. The molecule has 0 aliphatic heterocycles. The lowest BCUT2D eigenvalue weighted by molar-refractivity contribution is -0.159. The van der Waals surface area contributed by atoms with Crippen molar-refractivity contribution in [1.82, 2.24) is 15.5 Å². The number of alkyl carbamates (subject to hydrolysis) is 1. The Morgan fingerprint density at radius 1 is 0.800 bits per heavy atom. The van der Waals surface area contributed by atoms with Crippen LogP contribution in [0.4, 0.5) is 4.79 Å². The molecule has 2 rings (SSSR count). The van der Waals surface area contributed by atoms with E-state index >= 15 is 0 Å². The highest BCUT2D eigenvalue weighted by atomic mass is 16.6. The maximum absolute atomic E-state index is 14.5. The monoisotopic (exact) mass is 625 g/mol. The molecule has 0 radical (unpaired) electrons. The predicted octanol–water partition coefficient (Wildman–Crippen LogP) is 4.93. The SMILES string of the molecule is Cc1ccc(C)c(C(C(=O)NC(Cc2ccccc2)C(=O)OC(C)(C)C)N(C(=O)C(CO)NC(=O)OC(C)(C)C)C(C)(C)C)c1. The van der Waals surface area contributed by atoms with E-state index in [4.69, 9.17) is 9.47 Å². The highest BCUT2D eigenvalue weighted by Crippen LogP contribution is 2.33. The van der Waals surface area contributed by atoms with Crippen LogP contribution in [0.15, 0.2) is 48.5 Å². The zero-order valence-corrected chi connectivity index (χ0v) is 28.6. The van der Waals surface area contributed by atoms with E-state index in [1.807, 2.05) is 62.4 Å². The van der Waals surface area contributed by atoms with Crippen molar-refractivity contribution in [2.24, 2.45) is 0 Å². The van der Waals surface area contributed by atoms with Crippen LogP contribution in [-0.2, 0) is 30.3 Å². The minimum atomic E-state index is -1.41. The van der Waals surface area contributed by atoms with Crippen molar-refractivity contribution in [3.63, 3.8) is 0 Å². The van der Waals surface area contributed by atoms with Gasteiger partial charge in [0.05, 0.1) is 6.61 Å². The molecule has 0 saturated heterocycles. The van der Waals surface area contributed by atoms with Crippen molar-refractivity contribution < 1.29 is 33.8 Å². The molecule has 3 atom stereocenters. The van der Waals surface area contributed by atoms with Gasteiger partial charge < -0.3 is 30.1 Å². The molecular weight excluding hydrogens is 574 g/mol. The van der Waals surface area contributed by atoms with Gasteiger partial charge in [-0.15, -0.1) is 0 Å². The Balaban J connectivity index is 2.66. The summed E-state index contributed by atoms with van der Waals surface area (Å²) in [5.74, 6) is -1.94. The number of aliphatic hydroxyl groups is 1. The fourth-order valence-electron chi connectivity index (χ4n) is 4.77. The molecule has 2 aromatic rings. The molecule has 0 saturated carbocycles. The van der Waals surface area contributed by atoms with Gasteiger partial charge >= 0.3 is 12.1 Å². The number of rotatable bonds is 10. The predicted molar refractivity (Wildman–Crippen MR) is 173 cm³/mol. The molecule has 45 heavy (non-hydrogen) atoms. The summed E-state index contributed by atoms with van der Waals surface area (Å²) in [7, 11) is 0. The molecule has 248 valence electrons. The maximum atomic E-state index is 14.5. The van der Waals surface area contributed by atoms with Gasteiger partial charge in [0.1, 0.15) is 29.3 Å². The van der Waals surface area contributed by atoms with Crippen molar-refractivity contribution in [3.8, 4) is 0 Å². The molecular formula is C35H51N3O7. The van der Waals surface area contributed by atoms with Crippen LogP contribution >= 0.6 is 0 Å². The second-order valence-corrected chi connectivity index (χ2v) is 14.3. The van der Waals surface area contributed by atoms with Gasteiger partial charge in [0.25, 0.3) is 0 Å². The number of nitrogens with zero attached hydrogens (tertiary/aromatic N) is 1. The van der Waals surface area contributed by atoms with E-state index in [1.54, 1.807) is 62.3 Å². The fraction of sp³-hybridized carbons (Fsp3) is 0.543. The van der Waals surface area contributed by atoms with Gasteiger partial charge in [-0.1, -0.05) is 54.1 Å². The maximum Gasteiger partial charge on any atom is 0.408 e. The fourth-order valence-corrected chi connectivity index (χ4v) is 4.77. The average Bonchev–Trinajstić information content (AvgIpc) is 2.89. The first kappa shape index (κ1) is 37.3. The number of aliphatic hydroxyl groups excluding tert-OH is 1. The van der Waals surface area contributed by atoms with Crippen LogP contribution in [0.3, 0.4) is 0 Å². The van der Waals surface area contributed by atoms with Crippen LogP contribution in [0.1, 0.15) is 90.6 Å². The summed E-state index contributed by atoms with van der Waals surface area (Å²) in [6.07, 6.45) is -0.728. The number of benzene rings is 2. The van der Waals surface area contributed by atoms with Crippen LogP contribution in [0.2, 0.25) is 0 Å². The summed E-state index contributed by atoms with van der Waals surface area (Å²) < 4.78 is 11.0. The molecule has 3 unspecified atom stereocenters. The molecule has 10 nitrogen and oxygen atoms in total. The van der Waals surface area contributed by atoms with Crippen LogP contribution in [0.5, 0.6) is 0 Å². The van der Waals surface area contributed by atoms with Gasteiger partial charge in [0.2, 0.25) is 11.8 Å². The van der Waals surface area contributed by atoms with E-state index in [9.17, 15) is 24.3 Å². The largest absolute Gasteiger partial charge is 0.458 e. The summed E-state index contributed by atoms with van der Waals surface area (Å²) in [4.78, 5) is 56.2. The number of amides is 3. The number of hydrogen-bond acceptors (Lipinski definition) is 7. The molecule has 0 heterocycles. The smallest absolute Gasteiger partial charge is 0.408 e. The second kappa shape index (κ2) is 14.9. The average molecular weight is 626 g/mol. The van der Waals surface area contributed by atoms with Crippen molar-refractivity contribution in [2.45, 2.75) is 117 Å². The zero-order chi connectivity index (χ0) is 34.3. The second-order valence-electron chi connectivity index (χ2n) is 14.3. The van der Waals surface area contributed by atoms with Crippen molar-refractivity contribution in [3.05, 3.63) is 70.8 Å². The Morgan fingerprint density at radius 3 is 1.89 bits per heavy atom. The highest BCUT2D eigenvalue weighted by Gasteiger charge is 2.43. The third kappa shape index (κ3) is 11.5. The third-order valence-corrected chi connectivity index (χ3v) is 6.66. The molecule has 10 heteroatoms. The molecule has 0 spiro atoms. The summed E-state index contributed by atoms with van der Waals surface area (Å²) in [5.41, 5.74) is 0.300. The Labute approximate surface area is 267 Å². The third-order valence-electron chi connectivity index (χ3n) is 6.66. The first-order valence-electron chi connectivity index (χ1n) is 15.2. The standard InChI is InChI=1S/C35H51N3O7/c1-22-17-18-23(2)25(19-22)28(38(33(3,4)5)30(41)27(21-39)37-32(43)45-35(9,10)11)29(40)36-26(31(42)44-34(6,7)8)20-24-15-13-12-14-16-24/h12-19,26-28,39H,20-21H2,1-11H3,(H,36,40)(H,37,43). The summed E-state index contributed by atoms with van der Waals surface area (Å²) in [5, 5.41) is 15.6. The van der Waals surface area contributed by atoms with Crippen LogP contribution in [-0.4, -0.2) is 69.3 Å². The number of carbonyl (C=O) groups excluding carboxylic acids is 4. The first-order valence-corrected chi connectivity index (χ1v) is 15.2. The summed E-state index contributed by atoms with van der Waals surface area (Å²) in [6.45, 7) is 18.5. The van der Waals surface area contributed by atoms with Crippen LogP contribution in [0.25, 0.3) is 0 Å². The topological polar surface area (TPSA) is 134 Å². The molecule has 0 aromatic heterocycles. The summed E-state index contributed by atoms with van der Waals surface area (Å²) >= 11 is 0. The molecule has 0 fully saturated rings. The quantitative estimate of drug-likeness (QED) is 0.319. The van der Waals surface area contributed by atoms with E-state index in [1.165, 1.54) is 4.90 Å². The van der Waals surface area contributed by atoms with E-state index < -0.39 is 65.4 Å². The summed E-state index contributed by atoms with van der Waals surface area (Å²) in [6, 6.07) is 11.1. The number of aryl methyl sites for hydroxylation is 2. The van der Waals surface area contributed by atoms with Gasteiger partial charge in [-0.05, 0) is 92.9 Å². The van der Waals surface area contributed by atoms with Gasteiger partial charge in [0.15, 0.2) is 0 Å². The number of carbonyl (C=O) groups is 4. The Kier molecular flexibility index (Phi) is 12.3. The lowest BCUT2D eigenvalue weighted by Crippen LogP contribution is -2.60. The normalized spacial score (nSPS) is 14.0. The lowest BCUT2D eigenvalue weighted by Gasteiger charge is -2.43. The molecule has 2 aromatic carbocycles. The van der Waals surface area contributed by atoms with E-state index in [-0.39, 0.29) is 6.42 Å². The van der Waals surface area contributed by atoms with Gasteiger partial charge in [-0.3, -0.25) is 9.59 Å². The van der Waals surface area contributed by atoms with Crippen LogP contribution in [0, 0.1) is 13.8 Å². The van der Waals surface area contributed by atoms with E-state index in [0.29, 0.717) is 5.56 Å². The highest BCUT2D eigenvalue weighted by molar-refractivity contribution is 5.94. The van der Waals surface area contributed by atoms with Gasteiger partial charge in [-0.25, -0.2) is 9.59 Å². The van der Waals surface area contributed by atoms with Crippen molar-refractivity contribution in [2.75, 3.05) is 6.61 Å². The minimum Gasteiger partial charge on any atom is -0.458 e. The Morgan fingerprint density at radius 2 is 1.38 bits per heavy atom. The molecule has 3 N–H and O–H groups in total. The van der Waals surface area contributed by atoms with Crippen LogP contribution < -0.4 is 10.6 Å².